The van der Waals surface area contributed by atoms with Crippen LogP contribution in [-0.4, -0.2) is 75.7 Å². The lowest BCUT2D eigenvalue weighted by molar-refractivity contribution is -0.121. The Bertz CT molecular complexity index is 1380. The summed E-state index contributed by atoms with van der Waals surface area (Å²) < 4.78 is 22.6. The topological polar surface area (TPSA) is 119 Å². The second-order valence-electron chi connectivity index (χ2n) is 11.0. The number of ether oxygens (including phenoxy) is 3. The molecule has 0 spiro atoms. The number of methoxy groups -OCH3 is 2. The highest BCUT2D eigenvalue weighted by molar-refractivity contribution is 6.88. The van der Waals surface area contributed by atoms with Crippen molar-refractivity contribution in [1.82, 2.24) is 14.9 Å². The average molecular weight is 568 g/mol. The Morgan fingerprint density at radius 3 is 2.35 bits per heavy atom. The summed E-state index contributed by atoms with van der Waals surface area (Å²) in [7, 11) is 5.19. The van der Waals surface area contributed by atoms with Crippen molar-refractivity contribution in [1.29, 1.82) is 0 Å². The molecule has 1 fully saturated rings. The minimum atomic E-state index is -1.54. The van der Waals surface area contributed by atoms with Crippen LogP contribution in [0.15, 0.2) is 34.7 Å². The van der Waals surface area contributed by atoms with Gasteiger partial charge < -0.3 is 28.8 Å². The van der Waals surface area contributed by atoms with Crippen LogP contribution in [0.3, 0.4) is 0 Å². The lowest BCUT2D eigenvalue weighted by Gasteiger charge is -2.33. The summed E-state index contributed by atoms with van der Waals surface area (Å²) in [6.45, 7) is 9.21. The zero-order chi connectivity index (χ0) is 29.2. The van der Waals surface area contributed by atoms with Crippen LogP contribution in [0, 0.1) is 6.92 Å². The largest absolute Gasteiger partial charge is 0.479 e. The lowest BCUT2D eigenvalue weighted by atomic mass is 10.0. The van der Waals surface area contributed by atoms with Gasteiger partial charge in [-0.25, -0.2) is 0 Å². The number of hydrogen-bond donors (Lipinski definition) is 1. The summed E-state index contributed by atoms with van der Waals surface area (Å²) >= 11 is 0. The molecule has 12 heteroatoms. The molecule has 1 aliphatic rings. The Hall–Kier alpha value is -3.90. The number of nitrogens with zero attached hydrogens (tertiary/aromatic N) is 4. The van der Waals surface area contributed by atoms with Gasteiger partial charge in [0, 0.05) is 25.1 Å². The van der Waals surface area contributed by atoms with Crippen LogP contribution in [0.5, 0.6) is 23.5 Å². The number of rotatable bonds is 9. The van der Waals surface area contributed by atoms with E-state index in [4.69, 9.17) is 18.6 Å². The highest BCUT2D eigenvalue weighted by atomic mass is 28.3. The van der Waals surface area contributed by atoms with E-state index < -0.39 is 14.0 Å². The molecule has 1 saturated heterocycles. The van der Waals surface area contributed by atoms with E-state index in [1.807, 2.05) is 38.1 Å². The molecule has 3 aromatic rings. The van der Waals surface area contributed by atoms with Crippen molar-refractivity contribution in [3.8, 4) is 23.5 Å². The van der Waals surface area contributed by atoms with Crippen LogP contribution in [0.25, 0.3) is 0 Å². The number of carbonyl (C=O) groups excluding carboxylic acids is 2. The molecule has 2 amide bonds. The zero-order valence-corrected chi connectivity index (χ0v) is 25.3. The quantitative estimate of drug-likeness (QED) is 0.382. The summed E-state index contributed by atoms with van der Waals surface area (Å²) in [5.74, 6) is 0.474. The summed E-state index contributed by atoms with van der Waals surface area (Å²) in [4.78, 5) is 38.3. The van der Waals surface area contributed by atoms with Crippen molar-refractivity contribution in [3.05, 3.63) is 41.7 Å². The fourth-order valence-electron chi connectivity index (χ4n) is 4.36. The van der Waals surface area contributed by atoms with Crippen LogP contribution >= 0.6 is 0 Å². The molecule has 1 N–H and O–H groups in total. The number of carbonyl (C=O) groups is 2. The Morgan fingerprint density at radius 1 is 1.10 bits per heavy atom. The molecule has 1 aliphatic heterocycles. The van der Waals surface area contributed by atoms with Crippen molar-refractivity contribution in [2.75, 3.05) is 45.1 Å². The van der Waals surface area contributed by atoms with Crippen molar-refractivity contribution >= 4 is 36.7 Å². The van der Waals surface area contributed by atoms with Crippen LogP contribution in [-0.2, 0) is 4.79 Å². The first-order valence-electron chi connectivity index (χ1n) is 13.1. The van der Waals surface area contributed by atoms with Crippen molar-refractivity contribution in [2.24, 2.45) is 0 Å². The molecule has 0 radical (unpaired) electrons. The van der Waals surface area contributed by atoms with E-state index in [-0.39, 0.29) is 47.1 Å². The number of benzene rings is 1. The number of piperidine rings is 1. The van der Waals surface area contributed by atoms with Crippen LogP contribution < -0.4 is 29.6 Å². The minimum Gasteiger partial charge on any atom is -0.479 e. The molecule has 0 saturated carbocycles. The summed E-state index contributed by atoms with van der Waals surface area (Å²) in [5, 5.41) is 3.96. The molecular formula is C28H37N5O6Si. The van der Waals surface area contributed by atoms with E-state index in [9.17, 15) is 9.59 Å². The van der Waals surface area contributed by atoms with Crippen LogP contribution in [0.4, 0.5) is 11.6 Å². The molecule has 4 rings (SSSR count). The van der Waals surface area contributed by atoms with E-state index in [0.29, 0.717) is 18.7 Å². The molecule has 2 aromatic heterocycles. The maximum Gasteiger partial charge on any atom is 0.291 e. The van der Waals surface area contributed by atoms with E-state index in [1.54, 1.807) is 6.07 Å². The van der Waals surface area contributed by atoms with Gasteiger partial charge in [0.25, 0.3) is 11.9 Å². The Morgan fingerprint density at radius 2 is 1.77 bits per heavy atom. The Labute approximate surface area is 235 Å². The second-order valence-corrected chi connectivity index (χ2v) is 16.1. The molecule has 3 heterocycles. The smallest absolute Gasteiger partial charge is 0.291 e. The average Bonchev–Trinajstić information content (AvgIpc) is 3.38. The number of anilines is 2. The zero-order valence-electron chi connectivity index (χ0n) is 24.3. The Balaban J connectivity index is 1.53. The molecule has 40 heavy (non-hydrogen) atoms. The summed E-state index contributed by atoms with van der Waals surface area (Å²) in [6.07, 6.45) is 1.13. The summed E-state index contributed by atoms with van der Waals surface area (Å²) in [6, 6.07) is 9.45. The van der Waals surface area contributed by atoms with E-state index in [1.165, 1.54) is 30.4 Å². The fraction of sp³-hybridized carbons (Fsp3) is 0.429. The first-order chi connectivity index (χ1) is 18.9. The minimum absolute atomic E-state index is 0.0168. The molecule has 11 nitrogen and oxygen atoms in total. The van der Waals surface area contributed by atoms with E-state index in [0.717, 1.165) is 12.0 Å². The SMILES string of the molecule is COc1nc(N2CCC(N(C)C)CC2=O)nc(OC)c1NC(=O)c1ccc(Oc2cc([Si](C)(C)C)ccc2C)o1. The van der Waals surface area contributed by atoms with Crippen molar-refractivity contribution in [2.45, 2.75) is 45.4 Å². The van der Waals surface area contributed by atoms with Gasteiger partial charge in [0.15, 0.2) is 11.4 Å². The highest BCUT2D eigenvalue weighted by Crippen LogP contribution is 2.35. The molecule has 1 atom stereocenters. The first kappa shape index (κ1) is 29.1. The van der Waals surface area contributed by atoms with Gasteiger partial charge in [-0.3, -0.25) is 14.5 Å². The molecule has 1 aromatic carbocycles. The number of aromatic nitrogens is 2. The molecule has 1 unspecified atom stereocenters. The predicted octanol–water partition coefficient (Wildman–Crippen LogP) is 4.04. The number of aryl methyl sites for hydroxylation is 1. The van der Waals surface area contributed by atoms with Crippen molar-refractivity contribution in [3.63, 3.8) is 0 Å². The maximum atomic E-state index is 13.1. The van der Waals surface area contributed by atoms with Gasteiger partial charge in [-0.2, -0.15) is 9.97 Å². The molecular weight excluding hydrogens is 530 g/mol. The van der Waals surface area contributed by atoms with Crippen LogP contribution in [0.1, 0.15) is 29.0 Å². The molecule has 0 bridgehead atoms. The van der Waals surface area contributed by atoms with E-state index in [2.05, 4.69) is 41.0 Å². The van der Waals surface area contributed by atoms with Gasteiger partial charge in [0.1, 0.15) is 5.75 Å². The third kappa shape index (κ3) is 6.28. The van der Waals surface area contributed by atoms with Gasteiger partial charge in [-0.05, 0) is 45.1 Å². The Kier molecular flexibility index (Phi) is 8.50. The van der Waals surface area contributed by atoms with Crippen molar-refractivity contribution < 1.29 is 28.2 Å². The number of hydrogen-bond acceptors (Lipinski definition) is 9. The standard InChI is InChI=1S/C28H37N5O6Si/c1-17-9-10-19(40(6,7)8)16-21(17)39-23-12-11-20(38-23)25(35)29-24-26(36-4)30-28(31-27(24)37-5)33-14-13-18(32(2)3)15-22(33)34/h9-12,16,18H,13-15H2,1-8H3,(H,29,35). The van der Waals surface area contributed by atoms with Gasteiger partial charge in [0.2, 0.25) is 23.6 Å². The van der Waals surface area contributed by atoms with Gasteiger partial charge in [-0.15, -0.1) is 0 Å². The first-order valence-corrected chi connectivity index (χ1v) is 16.6. The second kappa shape index (κ2) is 11.7. The van der Waals surface area contributed by atoms with Gasteiger partial charge in [0.05, 0.1) is 22.3 Å². The number of nitrogens with one attached hydrogen (secondary N) is 1. The fourth-order valence-corrected chi connectivity index (χ4v) is 5.51. The van der Waals surface area contributed by atoms with Gasteiger partial charge >= 0.3 is 0 Å². The third-order valence-electron chi connectivity index (χ3n) is 6.89. The lowest BCUT2D eigenvalue weighted by Crippen LogP contribution is -2.46. The normalized spacial score (nSPS) is 15.8. The summed E-state index contributed by atoms with van der Waals surface area (Å²) in [5.41, 5.74) is 1.08. The molecule has 214 valence electrons. The number of amides is 2. The highest BCUT2D eigenvalue weighted by Gasteiger charge is 2.31. The van der Waals surface area contributed by atoms with Crippen LogP contribution in [0.2, 0.25) is 19.6 Å². The van der Waals surface area contributed by atoms with Gasteiger partial charge in [-0.1, -0.05) is 37.0 Å². The predicted molar refractivity (Wildman–Crippen MR) is 155 cm³/mol. The molecule has 0 aliphatic carbocycles. The van der Waals surface area contributed by atoms with E-state index >= 15 is 0 Å². The third-order valence-corrected chi connectivity index (χ3v) is 8.94. The monoisotopic (exact) mass is 567 g/mol. The maximum absolute atomic E-state index is 13.1. The number of furan rings is 1.